The monoisotopic (exact) mass is 299 g/mol. The molecule has 1 fully saturated rings. The number of methoxy groups -OCH3 is 1. The summed E-state index contributed by atoms with van der Waals surface area (Å²) in [5.41, 5.74) is 7.42. The molecule has 114 valence electrons. The fourth-order valence-electron chi connectivity index (χ4n) is 2.89. The highest BCUT2D eigenvalue weighted by Crippen LogP contribution is 2.30. The fraction of sp³-hybridized carbons (Fsp3) is 0.400. The van der Waals surface area contributed by atoms with Crippen molar-refractivity contribution in [2.24, 2.45) is 0 Å². The molecule has 22 heavy (non-hydrogen) atoms. The van der Waals surface area contributed by atoms with Gasteiger partial charge in [-0.05, 0) is 31.4 Å². The molecule has 0 bridgehead atoms. The number of benzene rings is 1. The van der Waals surface area contributed by atoms with Crippen molar-refractivity contribution in [3.05, 3.63) is 24.0 Å². The van der Waals surface area contributed by atoms with Crippen LogP contribution in [0.4, 0.5) is 5.95 Å². The number of nitrogen functional groups attached to an aromatic ring is 1. The molecule has 7 nitrogen and oxygen atoms in total. The Morgan fingerprint density at radius 3 is 3.00 bits per heavy atom. The van der Waals surface area contributed by atoms with Gasteiger partial charge in [-0.3, -0.25) is 0 Å². The Bertz CT molecular complexity index is 839. The molecule has 1 atom stereocenters. The van der Waals surface area contributed by atoms with Crippen LogP contribution < -0.4 is 10.5 Å². The lowest BCUT2D eigenvalue weighted by atomic mass is 10.1. The Kier molecular flexibility index (Phi) is 3.07. The summed E-state index contributed by atoms with van der Waals surface area (Å²) in [5, 5.41) is 5.36. The zero-order chi connectivity index (χ0) is 15.1. The zero-order valence-corrected chi connectivity index (χ0v) is 12.3. The summed E-state index contributed by atoms with van der Waals surface area (Å²) in [6.45, 7) is 0.753. The molecule has 1 unspecified atom stereocenters. The maximum absolute atomic E-state index is 6.04. The van der Waals surface area contributed by atoms with Gasteiger partial charge < -0.3 is 15.2 Å². The van der Waals surface area contributed by atoms with Crippen molar-refractivity contribution in [1.82, 2.24) is 19.6 Å². The number of hydrogen-bond acceptors (Lipinski definition) is 6. The van der Waals surface area contributed by atoms with Crippen molar-refractivity contribution >= 4 is 22.5 Å². The number of para-hydroxylation sites is 1. The van der Waals surface area contributed by atoms with Crippen LogP contribution in [0, 0.1) is 0 Å². The lowest BCUT2D eigenvalue weighted by molar-refractivity contribution is 0.00963. The van der Waals surface area contributed by atoms with Gasteiger partial charge in [-0.2, -0.15) is 4.52 Å². The summed E-state index contributed by atoms with van der Waals surface area (Å²) < 4.78 is 12.7. The molecule has 0 spiro atoms. The van der Waals surface area contributed by atoms with Crippen LogP contribution in [0.15, 0.2) is 18.2 Å². The van der Waals surface area contributed by atoms with Gasteiger partial charge in [0.15, 0.2) is 11.5 Å². The van der Waals surface area contributed by atoms with Crippen molar-refractivity contribution in [1.29, 1.82) is 0 Å². The smallest absolute Gasteiger partial charge is 0.223 e. The third-order valence-electron chi connectivity index (χ3n) is 3.99. The van der Waals surface area contributed by atoms with Gasteiger partial charge in [0.1, 0.15) is 17.4 Å². The standard InChI is InChI=1S/C15H17N5O2/c1-21-10-7-4-5-9-12(10)17-15(16)20-14(9)18-13(19-20)11-6-2-3-8-22-11/h4-5,7,11H,2-3,6,8H2,1H3,(H2,16,17). The number of ether oxygens (including phenoxy) is 2. The first-order valence-corrected chi connectivity index (χ1v) is 7.38. The van der Waals surface area contributed by atoms with Gasteiger partial charge in [0, 0.05) is 12.0 Å². The summed E-state index contributed by atoms with van der Waals surface area (Å²) in [6.07, 6.45) is 3.09. The SMILES string of the molecule is COc1cccc2c1nc(N)n1nc(C3CCCCO3)nc21. The average molecular weight is 299 g/mol. The van der Waals surface area contributed by atoms with Crippen LogP contribution in [-0.4, -0.2) is 33.3 Å². The minimum absolute atomic E-state index is 0.0614. The molecule has 7 heteroatoms. The van der Waals surface area contributed by atoms with Crippen molar-refractivity contribution < 1.29 is 9.47 Å². The first kappa shape index (κ1) is 13.3. The van der Waals surface area contributed by atoms with Crippen molar-refractivity contribution in [2.45, 2.75) is 25.4 Å². The average Bonchev–Trinajstić information content (AvgIpc) is 3.02. The lowest BCUT2D eigenvalue weighted by Gasteiger charge is -2.19. The van der Waals surface area contributed by atoms with Crippen LogP contribution in [0.25, 0.3) is 16.6 Å². The molecular formula is C15H17N5O2. The summed E-state index contributed by atoms with van der Waals surface area (Å²) in [4.78, 5) is 9.06. The molecule has 2 N–H and O–H groups in total. The molecule has 1 saturated heterocycles. The van der Waals surface area contributed by atoms with E-state index in [2.05, 4.69) is 15.1 Å². The Morgan fingerprint density at radius 1 is 1.32 bits per heavy atom. The van der Waals surface area contributed by atoms with E-state index in [4.69, 9.17) is 15.2 Å². The molecule has 1 aliphatic heterocycles. The van der Waals surface area contributed by atoms with E-state index >= 15 is 0 Å². The number of aromatic nitrogens is 4. The van der Waals surface area contributed by atoms with E-state index < -0.39 is 0 Å². The summed E-state index contributed by atoms with van der Waals surface area (Å²) >= 11 is 0. The molecule has 3 aromatic rings. The van der Waals surface area contributed by atoms with E-state index in [1.807, 2.05) is 18.2 Å². The first-order valence-electron chi connectivity index (χ1n) is 7.38. The van der Waals surface area contributed by atoms with Crippen LogP contribution in [0.3, 0.4) is 0 Å². The summed E-state index contributed by atoms with van der Waals surface area (Å²) in [6, 6.07) is 5.71. The normalized spacial score (nSPS) is 18.9. The van der Waals surface area contributed by atoms with Crippen LogP contribution in [0.1, 0.15) is 31.2 Å². The maximum atomic E-state index is 6.04. The number of hydrogen-bond donors (Lipinski definition) is 1. The van der Waals surface area contributed by atoms with Gasteiger partial charge in [-0.15, -0.1) is 5.10 Å². The Balaban J connectivity index is 1.94. The predicted molar refractivity (Wildman–Crippen MR) is 81.8 cm³/mol. The van der Waals surface area contributed by atoms with Gasteiger partial charge in [0.25, 0.3) is 0 Å². The zero-order valence-electron chi connectivity index (χ0n) is 12.3. The number of rotatable bonds is 2. The molecule has 0 aliphatic carbocycles. The lowest BCUT2D eigenvalue weighted by Crippen LogP contribution is -2.13. The van der Waals surface area contributed by atoms with E-state index in [1.54, 1.807) is 11.6 Å². The van der Waals surface area contributed by atoms with E-state index in [1.165, 1.54) is 0 Å². The number of nitrogens with two attached hydrogens (primary N) is 1. The third-order valence-corrected chi connectivity index (χ3v) is 3.99. The van der Waals surface area contributed by atoms with Gasteiger partial charge in [-0.25, -0.2) is 9.97 Å². The summed E-state index contributed by atoms with van der Waals surface area (Å²) in [7, 11) is 1.61. The number of fused-ring (bicyclic) bond motifs is 3. The van der Waals surface area contributed by atoms with Crippen molar-refractivity contribution in [3.8, 4) is 5.75 Å². The Labute approximate surface area is 127 Å². The molecule has 0 amide bonds. The highest BCUT2D eigenvalue weighted by molar-refractivity contribution is 5.95. The Morgan fingerprint density at radius 2 is 2.23 bits per heavy atom. The second-order valence-corrected chi connectivity index (χ2v) is 5.39. The maximum Gasteiger partial charge on any atom is 0.223 e. The minimum Gasteiger partial charge on any atom is -0.494 e. The van der Waals surface area contributed by atoms with Gasteiger partial charge >= 0.3 is 0 Å². The molecule has 1 aromatic carbocycles. The topological polar surface area (TPSA) is 87.6 Å². The van der Waals surface area contributed by atoms with E-state index in [0.717, 1.165) is 31.3 Å². The minimum atomic E-state index is -0.0614. The Hall–Kier alpha value is -2.41. The molecule has 1 aliphatic rings. The van der Waals surface area contributed by atoms with E-state index in [0.29, 0.717) is 28.7 Å². The summed E-state index contributed by atoms with van der Waals surface area (Å²) in [5.74, 6) is 1.63. The quantitative estimate of drug-likeness (QED) is 0.779. The molecule has 3 heterocycles. The fourth-order valence-corrected chi connectivity index (χ4v) is 2.89. The molecule has 0 saturated carbocycles. The highest BCUT2D eigenvalue weighted by atomic mass is 16.5. The van der Waals surface area contributed by atoms with Gasteiger partial charge in [-0.1, -0.05) is 6.07 Å². The van der Waals surface area contributed by atoms with Gasteiger partial charge in [0.2, 0.25) is 5.95 Å². The molecule has 0 radical (unpaired) electrons. The van der Waals surface area contributed by atoms with Gasteiger partial charge in [0.05, 0.1) is 7.11 Å². The largest absolute Gasteiger partial charge is 0.494 e. The number of anilines is 1. The van der Waals surface area contributed by atoms with Crippen LogP contribution in [-0.2, 0) is 4.74 Å². The second-order valence-electron chi connectivity index (χ2n) is 5.39. The highest BCUT2D eigenvalue weighted by Gasteiger charge is 2.22. The van der Waals surface area contributed by atoms with Crippen molar-refractivity contribution in [2.75, 3.05) is 19.5 Å². The molecular weight excluding hydrogens is 282 g/mol. The predicted octanol–water partition coefficient (Wildman–Crippen LogP) is 2.11. The van der Waals surface area contributed by atoms with E-state index in [9.17, 15) is 0 Å². The number of nitrogens with zero attached hydrogens (tertiary/aromatic N) is 4. The van der Waals surface area contributed by atoms with Crippen LogP contribution in [0.5, 0.6) is 5.75 Å². The first-order chi connectivity index (χ1) is 10.8. The van der Waals surface area contributed by atoms with Crippen LogP contribution in [0.2, 0.25) is 0 Å². The second kappa shape index (κ2) is 5.10. The van der Waals surface area contributed by atoms with Crippen molar-refractivity contribution in [3.63, 3.8) is 0 Å². The molecule has 2 aromatic heterocycles. The molecule has 4 rings (SSSR count). The van der Waals surface area contributed by atoms with Crippen LogP contribution >= 0.6 is 0 Å². The third kappa shape index (κ3) is 1.97. The van der Waals surface area contributed by atoms with E-state index in [-0.39, 0.29) is 6.10 Å².